The van der Waals surface area contributed by atoms with Crippen LogP contribution in [0.3, 0.4) is 0 Å². The van der Waals surface area contributed by atoms with Crippen molar-refractivity contribution in [3.63, 3.8) is 0 Å². The summed E-state index contributed by atoms with van der Waals surface area (Å²) in [5, 5.41) is 0. The van der Waals surface area contributed by atoms with E-state index in [1.807, 2.05) is 44.4 Å². The molecule has 8 heteroatoms. The van der Waals surface area contributed by atoms with Crippen LogP contribution in [0.25, 0.3) is 0 Å². The lowest BCUT2D eigenvalue weighted by Crippen LogP contribution is -2.53. The maximum absolute atomic E-state index is 13.2. The first-order valence-corrected chi connectivity index (χ1v) is 13.6. The first-order chi connectivity index (χ1) is 18.1. The Morgan fingerprint density at radius 2 is 1.71 bits per heavy atom. The number of benzene rings is 1. The number of rotatable bonds is 6. The molecule has 38 heavy (non-hydrogen) atoms. The Bertz CT molecular complexity index is 1200. The highest BCUT2D eigenvalue weighted by molar-refractivity contribution is 5.97. The molecule has 2 atom stereocenters. The molecule has 5 rings (SSSR count). The van der Waals surface area contributed by atoms with E-state index in [0.717, 1.165) is 50.5 Å². The van der Waals surface area contributed by atoms with Gasteiger partial charge in [-0.1, -0.05) is 30.3 Å². The highest BCUT2D eigenvalue weighted by Gasteiger charge is 2.40. The molecule has 4 heterocycles. The molecular formula is C30H39N5O3. The van der Waals surface area contributed by atoms with E-state index in [4.69, 9.17) is 4.74 Å². The number of amides is 2. The summed E-state index contributed by atoms with van der Waals surface area (Å²) in [5.41, 5.74) is 4.28. The van der Waals surface area contributed by atoms with Crippen molar-refractivity contribution in [2.24, 2.45) is 11.8 Å². The number of aryl methyl sites for hydroxylation is 2. The summed E-state index contributed by atoms with van der Waals surface area (Å²) in [6.07, 6.45) is 4.39. The summed E-state index contributed by atoms with van der Waals surface area (Å²) in [6.45, 7) is 14.5. The number of ether oxygens (including phenoxy) is 1. The molecular weight excluding hydrogens is 478 g/mol. The third kappa shape index (κ3) is 5.60. The standard InChI is InChI=1S/C30H39N5O3/c1-20-27(21(2)32-19-31-20)28(36)34-15-23-13-33(14-24(23)16-34)12-11-26(22-9-7-6-8-10-22)25-17-35(18-25)29(37)38-30(3,4)5/h6-10,15,19,24-26H,11-14,16-18H2,1-5H3. The molecule has 2 amide bonds. The molecule has 0 radical (unpaired) electrons. The second kappa shape index (κ2) is 10.5. The van der Waals surface area contributed by atoms with Crippen LogP contribution in [0.2, 0.25) is 0 Å². The Morgan fingerprint density at radius 3 is 2.34 bits per heavy atom. The average Bonchev–Trinajstić information content (AvgIpc) is 3.38. The van der Waals surface area contributed by atoms with Crippen molar-refractivity contribution in [2.45, 2.75) is 52.6 Å². The molecule has 3 aliphatic heterocycles. The van der Waals surface area contributed by atoms with Crippen molar-refractivity contribution in [3.05, 3.63) is 70.9 Å². The molecule has 3 aliphatic rings. The van der Waals surface area contributed by atoms with Gasteiger partial charge in [-0.15, -0.1) is 0 Å². The predicted octanol–water partition coefficient (Wildman–Crippen LogP) is 4.41. The summed E-state index contributed by atoms with van der Waals surface area (Å²) < 4.78 is 5.56. The van der Waals surface area contributed by atoms with E-state index in [9.17, 15) is 9.59 Å². The largest absolute Gasteiger partial charge is 0.444 e. The third-order valence-corrected chi connectivity index (χ3v) is 7.96. The lowest BCUT2D eigenvalue weighted by Gasteiger charge is -2.44. The zero-order chi connectivity index (χ0) is 27.0. The second-order valence-electron chi connectivity index (χ2n) is 12.0. The Morgan fingerprint density at radius 1 is 1.03 bits per heavy atom. The van der Waals surface area contributed by atoms with E-state index in [1.54, 1.807) is 0 Å². The first kappa shape index (κ1) is 26.4. The van der Waals surface area contributed by atoms with Gasteiger partial charge in [-0.2, -0.15) is 0 Å². The predicted molar refractivity (Wildman–Crippen MR) is 146 cm³/mol. The van der Waals surface area contributed by atoms with Crippen LogP contribution in [0.1, 0.15) is 60.4 Å². The minimum atomic E-state index is -0.476. The number of carbonyl (C=O) groups is 2. The van der Waals surface area contributed by atoms with Gasteiger partial charge in [0.15, 0.2) is 0 Å². The van der Waals surface area contributed by atoms with Crippen molar-refractivity contribution in [3.8, 4) is 0 Å². The van der Waals surface area contributed by atoms with Gasteiger partial charge in [0.2, 0.25) is 0 Å². The maximum Gasteiger partial charge on any atom is 0.410 e. The number of carbonyl (C=O) groups excluding carboxylic acids is 2. The number of nitrogens with zero attached hydrogens (tertiary/aromatic N) is 5. The maximum atomic E-state index is 13.2. The smallest absolute Gasteiger partial charge is 0.410 e. The van der Waals surface area contributed by atoms with Crippen LogP contribution in [0.5, 0.6) is 0 Å². The molecule has 0 saturated carbocycles. The minimum absolute atomic E-state index is 0.00211. The van der Waals surface area contributed by atoms with Crippen LogP contribution in [0.15, 0.2) is 48.4 Å². The molecule has 0 N–H and O–H groups in total. The van der Waals surface area contributed by atoms with E-state index < -0.39 is 5.60 Å². The molecule has 202 valence electrons. The Labute approximate surface area is 225 Å². The van der Waals surface area contributed by atoms with Gasteiger partial charge < -0.3 is 14.5 Å². The number of hydrogen-bond acceptors (Lipinski definition) is 6. The van der Waals surface area contributed by atoms with Gasteiger partial charge in [-0.3, -0.25) is 9.69 Å². The highest BCUT2D eigenvalue weighted by atomic mass is 16.6. The number of fused-ring (bicyclic) bond motifs is 1. The molecule has 8 nitrogen and oxygen atoms in total. The third-order valence-electron chi connectivity index (χ3n) is 7.96. The van der Waals surface area contributed by atoms with Crippen LogP contribution in [-0.2, 0) is 4.74 Å². The second-order valence-corrected chi connectivity index (χ2v) is 12.0. The quantitative estimate of drug-likeness (QED) is 0.565. The van der Waals surface area contributed by atoms with Crippen LogP contribution in [0.4, 0.5) is 4.79 Å². The molecule has 1 aromatic heterocycles. The summed E-state index contributed by atoms with van der Waals surface area (Å²) >= 11 is 0. The lowest BCUT2D eigenvalue weighted by molar-refractivity contribution is -0.00594. The normalized spacial score (nSPS) is 20.7. The van der Waals surface area contributed by atoms with E-state index in [-0.39, 0.29) is 12.0 Å². The number of hydrogen-bond donors (Lipinski definition) is 0. The molecule has 1 aromatic carbocycles. The van der Waals surface area contributed by atoms with Crippen molar-refractivity contribution in [1.82, 2.24) is 24.7 Å². The molecule has 2 aromatic rings. The number of aromatic nitrogens is 2. The summed E-state index contributed by atoms with van der Waals surface area (Å²) in [5.74, 6) is 1.20. The Kier molecular flexibility index (Phi) is 7.27. The van der Waals surface area contributed by atoms with Crippen molar-refractivity contribution >= 4 is 12.0 Å². The van der Waals surface area contributed by atoms with Crippen LogP contribution >= 0.6 is 0 Å². The monoisotopic (exact) mass is 517 g/mol. The van der Waals surface area contributed by atoms with Crippen LogP contribution in [0, 0.1) is 25.7 Å². The van der Waals surface area contributed by atoms with Crippen LogP contribution < -0.4 is 0 Å². The number of likely N-dealkylation sites (tertiary alicyclic amines) is 2. The summed E-state index contributed by atoms with van der Waals surface area (Å²) in [6, 6.07) is 10.7. The van der Waals surface area contributed by atoms with E-state index in [1.165, 1.54) is 17.5 Å². The summed E-state index contributed by atoms with van der Waals surface area (Å²) in [7, 11) is 0. The van der Waals surface area contributed by atoms with Gasteiger partial charge >= 0.3 is 6.09 Å². The van der Waals surface area contributed by atoms with Gasteiger partial charge in [-0.05, 0) is 64.6 Å². The Balaban J connectivity index is 1.19. The fourth-order valence-corrected chi connectivity index (χ4v) is 5.99. The van der Waals surface area contributed by atoms with E-state index in [0.29, 0.717) is 29.9 Å². The topological polar surface area (TPSA) is 78.9 Å². The molecule has 0 bridgehead atoms. The molecule has 2 unspecified atom stereocenters. The van der Waals surface area contributed by atoms with Crippen molar-refractivity contribution in [2.75, 3.05) is 39.3 Å². The summed E-state index contributed by atoms with van der Waals surface area (Å²) in [4.78, 5) is 40.3. The fourth-order valence-electron chi connectivity index (χ4n) is 5.99. The van der Waals surface area contributed by atoms with Crippen molar-refractivity contribution < 1.29 is 14.3 Å². The molecule has 2 saturated heterocycles. The minimum Gasteiger partial charge on any atom is -0.444 e. The molecule has 0 spiro atoms. The van der Waals surface area contributed by atoms with Gasteiger partial charge in [0, 0.05) is 50.8 Å². The van der Waals surface area contributed by atoms with Crippen LogP contribution in [-0.4, -0.2) is 81.5 Å². The zero-order valence-corrected chi connectivity index (χ0v) is 23.2. The van der Waals surface area contributed by atoms with Crippen molar-refractivity contribution in [1.29, 1.82) is 0 Å². The molecule has 0 aliphatic carbocycles. The van der Waals surface area contributed by atoms with Gasteiger partial charge in [-0.25, -0.2) is 14.8 Å². The average molecular weight is 518 g/mol. The van der Waals surface area contributed by atoms with Gasteiger partial charge in [0.05, 0.1) is 17.0 Å². The first-order valence-electron chi connectivity index (χ1n) is 13.6. The molecule has 2 fully saturated rings. The SMILES string of the molecule is Cc1ncnc(C)c1C(=O)N1C=C2CN(CCC(c3ccccc3)C3CN(C(=O)OC(C)(C)C)C3)CC2C1. The van der Waals surface area contributed by atoms with Gasteiger partial charge in [0.1, 0.15) is 11.9 Å². The fraction of sp³-hybridized carbons (Fsp3) is 0.533. The van der Waals surface area contributed by atoms with Gasteiger partial charge in [0.25, 0.3) is 5.91 Å². The van der Waals surface area contributed by atoms with E-state index in [2.05, 4.69) is 51.4 Å². The lowest BCUT2D eigenvalue weighted by atomic mass is 9.79. The highest BCUT2D eigenvalue weighted by Crippen LogP contribution is 2.37. The van der Waals surface area contributed by atoms with E-state index >= 15 is 0 Å². The Hall–Kier alpha value is -3.26. The zero-order valence-electron chi connectivity index (χ0n) is 23.2.